The van der Waals surface area contributed by atoms with Gasteiger partial charge in [0.25, 0.3) is 0 Å². The van der Waals surface area contributed by atoms with Gasteiger partial charge in [-0.2, -0.15) is 0 Å². The monoisotopic (exact) mass is 309 g/mol. The van der Waals surface area contributed by atoms with Crippen LogP contribution in [0.3, 0.4) is 0 Å². The summed E-state index contributed by atoms with van der Waals surface area (Å²) in [6.45, 7) is 4.23. The Morgan fingerprint density at radius 1 is 1.13 bits per heavy atom. The van der Waals surface area contributed by atoms with Crippen LogP contribution in [0.15, 0.2) is 59.7 Å². The van der Waals surface area contributed by atoms with Crippen LogP contribution in [0.5, 0.6) is 0 Å². The first-order valence-electron chi connectivity index (χ1n) is 7.47. The molecule has 0 fully saturated rings. The molecule has 0 amide bonds. The van der Waals surface area contributed by atoms with Crippen LogP contribution in [0.25, 0.3) is 10.4 Å². The van der Waals surface area contributed by atoms with Crippen molar-refractivity contribution >= 4 is 11.7 Å². The van der Waals surface area contributed by atoms with Crippen molar-refractivity contribution in [2.45, 2.75) is 26.4 Å². The minimum absolute atomic E-state index is 0.101. The van der Waals surface area contributed by atoms with E-state index in [2.05, 4.69) is 10.0 Å². The molecule has 0 aliphatic rings. The van der Waals surface area contributed by atoms with Crippen molar-refractivity contribution in [3.05, 3.63) is 76.2 Å². The molecule has 2 rings (SSSR count). The molecule has 0 N–H and O–H groups in total. The Balaban J connectivity index is 2.10. The predicted molar refractivity (Wildman–Crippen MR) is 89.1 cm³/mol. The first kappa shape index (κ1) is 16.6. The molecule has 118 valence electrons. The zero-order chi connectivity index (χ0) is 16.7. The van der Waals surface area contributed by atoms with Crippen LogP contribution < -0.4 is 0 Å². The number of hydrogen-bond donors (Lipinski definition) is 0. The van der Waals surface area contributed by atoms with Gasteiger partial charge in [0.1, 0.15) is 6.61 Å². The van der Waals surface area contributed by atoms with Crippen LogP contribution in [0.4, 0.5) is 5.69 Å². The van der Waals surface area contributed by atoms with E-state index in [1.54, 1.807) is 24.3 Å². The van der Waals surface area contributed by atoms with Gasteiger partial charge in [0.2, 0.25) is 0 Å². The fourth-order valence-electron chi connectivity index (χ4n) is 2.41. The Kier molecular flexibility index (Phi) is 5.78. The number of nitrogens with zero attached hydrogens (tertiary/aromatic N) is 3. The van der Waals surface area contributed by atoms with Gasteiger partial charge in [-0.15, -0.1) is 0 Å². The van der Waals surface area contributed by atoms with Crippen LogP contribution in [-0.4, -0.2) is 5.97 Å². The molecule has 5 heteroatoms. The van der Waals surface area contributed by atoms with Gasteiger partial charge in [0.05, 0.1) is 5.92 Å². The molecule has 5 nitrogen and oxygen atoms in total. The van der Waals surface area contributed by atoms with Crippen molar-refractivity contribution in [1.29, 1.82) is 0 Å². The smallest absolute Gasteiger partial charge is 0.314 e. The van der Waals surface area contributed by atoms with Crippen LogP contribution >= 0.6 is 0 Å². The van der Waals surface area contributed by atoms with E-state index in [9.17, 15) is 4.79 Å². The molecule has 1 unspecified atom stereocenters. The lowest BCUT2D eigenvalue weighted by molar-refractivity contribution is -0.148. The SMILES string of the molecule is CC(C)C(C(=O)OCc1ccccc1)c1ccc(N=[N+]=[N-])cc1. The van der Waals surface area contributed by atoms with Gasteiger partial charge in [-0.05, 0) is 22.6 Å². The van der Waals surface area contributed by atoms with E-state index in [1.165, 1.54) is 0 Å². The second-order valence-corrected chi connectivity index (χ2v) is 5.60. The normalized spacial score (nSPS) is 11.6. The third kappa shape index (κ3) is 4.59. The lowest BCUT2D eigenvalue weighted by Crippen LogP contribution is -2.20. The van der Waals surface area contributed by atoms with Crippen molar-refractivity contribution in [1.82, 2.24) is 0 Å². The van der Waals surface area contributed by atoms with Crippen LogP contribution in [-0.2, 0) is 16.1 Å². The Bertz CT molecular complexity index is 690. The Morgan fingerprint density at radius 3 is 2.35 bits per heavy atom. The van der Waals surface area contributed by atoms with Gasteiger partial charge < -0.3 is 4.74 Å². The highest BCUT2D eigenvalue weighted by molar-refractivity contribution is 5.78. The molecular formula is C18H19N3O2. The molecule has 0 radical (unpaired) electrons. The molecule has 0 aliphatic heterocycles. The Morgan fingerprint density at radius 2 is 1.78 bits per heavy atom. The van der Waals surface area contributed by atoms with Gasteiger partial charge in [-0.25, -0.2) is 0 Å². The van der Waals surface area contributed by atoms with Crippen molar-refractivity contribution in [3.8, 4) is 0 Å². The predicted octanol–water partition coefficient (Wildman–Crippen LogP) is 5.11. The number of hydrogen-bond acceptors (Lipinski definition) is 3. The molecule has 1 atom stereocenters. The molecule has 0 saturated carbocycles. The maximum Gasteiger partial charge on any atom is 0.314 e. The van der Waals surface area contributed by atoms with Crippen molar-refractivity contribution < 1.29 is 9.53 Å². The first-order chi connectivity index (χ1) is 11.1. The van der Waals surface area contributed by atoms with E-state index >= 15 is 0 Å². The van der Waals surface area contributed by atoms with Crippen LogP contribution in [0.1, 0.15) is 30.9 Å². The van der Waals surface area contributed by atoms with Crippen LogP contribution in [0.2, 0.25) is 0 Å². The third-order valence-corrected chi connectivity index (χ3v) is 3.56. The lowest BCUT2D eigenvalue weighted by Gasteiger charge is -2.20. The molecule has 0 aliphatic carbocycles. The molecule has 0 bridgehead atoms. The number of azide groups is 1. The summed E-state index contributed by atoms with van der Waals surface area (Å²) < 4.78 is 5.46. The molecule has 0 heterocycles. The number of carbonyl (C=O) groups excluding carboxylic acids is 1. The zero-order valence-electron chi connectivity index (χ0n) is 13.2. The third-order valence-electron chi connectivity index (χ3n) is 3.56. The fourth-order valence-corrected chi connectivity index (χ4v) is 2.41. The molecule has 0 spiro atoms. The number of esters is 1. The summed E-state index contributed by atoms with van der Waals surface area (Å²) in [7, 11) is 0. The van der Waals surface area contributed by atoms with Gasteiger partial charge in [0, 0.05) is 10.6 Å². The summed E-state index contributed by atoms with van der Waals surface area (Å²) in [5.74, 6) is -0.497. The highest BCUT2D eigenvalue weighted by Crippen LogP contribution is 2.28. The average Bonchev–Trinajstić information content (AvgIpc) is 2.56. The van der Waals surface area contributed by atoms with E-state index in [4.69, 9.17) is 10.3 Å². The van der Waals surface area contributed by atoms with Crippen molar-refractivity contribution in [2.24, 2.45) is 11.0 Å². The summed E-state index contributed by atoms with van der Waals surface area (Å²) >= 11 is 0. The van der Waals surface area contributed by atoms with E-state index in [0.717, 1.165) is 11.1 Å². The minimum Gasteiger partial charge on any atom is -0.460 e. The minimum atomic E-state index is -0.348. The summed E-state index contributed by atoms with van der Waals surface area (Å²) in [6.07, 6.45) is 0. The zero-order valence-corrected chi connectivity index (χ0v) is 13.2. The number of rotatable bonds is 6. The number of carbonyl (C=O) groups is 1. The second-order valence-electron chi connectivity index (χ2n) is 5.60. The largest absolute Gasteiger partial charge is 0.460 e. The van der Waals surface area contributed by atoms with Gasteiger partial charge in [-0.3, -0.25) is 4.79 Å². The first-order valence-corrected chi connectivity index (χ1v) is 7.47. The summed E-state index contributed by atoms with van der Waals surface area (Å²) in [5, 5.41) is 3.54. The molecular weight excluding hydrogens is 290 g/mol. The van der Waals surface area contributed by atoms with Gasteiger partial charge >= 0.3 is 5.97 Å². The molecule has 2 aromatic rings. The quantitative estimate of drug-likeness (QED) is 0.322. The standard InChI is InChI=1S/C18H19N3O2/c1-13(2)17(15-8-10-16(11-9-15)20-21-19)18(22)23-12-14-6-4-3-5-7-14/h3-11,13,17H,12H2,1-2H3. The topological polar surface area (TPSA) is 75.1 Å². The average molecular weight is 309 g/mol. The van der Waals surface area contributed by atoms with E-state index < -0.39 is 0 Å². The van der Waals surface area contributed by atoms with Crippen molar-refractivity contribution in [3.63, 3.8) is 0 Å². The van der Waals surface area contributed by atoms with E-state index in [-0.39, 0.29) is 24.4 Å². The van der Waals surface area contributed by atoms with E-state index in [0.29, 0.717) is 5.69 Å². The van der Waals surface area contributed by atoms with E-state index in [1.807, 2.05) is 44.2 Å². The Hall–Kier alpha value is -2.78. The second kappa shape index (κ2) is 8.01. The molecule has 0 aromatic heterocycles. The fraction of sp³-hybridized carbons (Fsp3) is 0.278. The lowest BCUT2D eigenvalue weighted by atomic mass is 9.88. The summed E-state index contributed by atoms with van der Waals surface area (Å²) in [6, 6.07) is 16.6. The number of benzene rings is 2. The van der Waals surface area contributed by atoms with Crippen molar-refractivity contribution in [2.75, 3.05) is 0 Å². The highest BCUT2D eigenvalue weighted by atomic mass is 16.5. The summed E-state index contributed by atoms with van der Waals surface area (Å²) in [4.78, 5) is 15.2. The number of ether oxygens (including phenoxy) is 1. The molecule has 2 aromatic carbocycles. The van der Waals surface area contributed by atoms with Crippen LogP contribution in [0, 0.1) is 5.92 Å². The maximum atomic E-state index is 12.5. The van der Waals surface area contributed by atoms with Gasteiger partial charge in [0.15, 0.2) is 0 Å². The Labute approximate surface area is 135 Å². The highest BCUT2D eigenvalue weighted by Gasteiger charge is 2.25. The maximum absolute atomic E-state index is 12.5. The molecule has 0 saturated heterocycles. The summed E-state index contributed by atoms with van der Waals surface area (Å²) in [5.41, 5.74) is 10.8. The van der Waals surface area contributed by atoms with Gasteiger partial charge in [-0.1, -0.05) is 73.6 Å². The molecule has 23 heavy (non-hydrogen) atoms.